The number of nitrogens with one attached hydrogen (secondary N) is 1. The maximum Gasteiger partial charge on any atom is 0.251 e. The third-order valence-electron chi connectivity index (χ3n) is 4.33. The van der Waals surface area contributed by atoms with Gasteiger partial charge in [0, 0.05) is 30.9 Å². The zero-order chi connectivity index (χ0) is 20.6. The van der Waals surface area contributed by atoms with E-state index in [1.165, 1.54) is 0 Å². The zero-order valence-electron chi connectivity index (χ0n) is 16.5. The predicted molar refractivity (Wildman–Crippen MR) is 110 cm³/mol. The zero-order valence-corrected chi connectivity index (χ0v) is 16.5. The summed E-state index contributed by atoms with van der Waals surface area (Å²) >= 11 is 0. The third-order valence-corrected chi connectivity index (χ3v) is 4.33. The number of nitrogens with zero attached hydrogens (tertiary/aromatic N) is 3. The highest BCUT2D eigenvalue weighted by atomic mass is 16.5. The molecule has 0 radical (unpaired) electrons. The molecule has 1 heterocycles. The minimum absolute atomic E-state index is 0.0740. The molecule has 0 saturated heterocycles. The Balaban J connectivity index is 1.50. The third kappa shape index (κ3) is 5.44. The summed E-state index contributed by atoms with van der Waals surface area (Å²) in [5.41, 5.74) is 2.34. The Labute approximate surface area is 169 Å². The summed E-state index contributed by atoms with van der Waals surface area (Å²) in [7, 11) is 1.70. The molecule has 0 fully saturated rings. The van der Waals surface area contributed by atoms with Crippen LogP contribution < -0.4 is 10.1 Å². The first-order valence-electron chi connectivity index (χ1n) is 9.41. The number of benzene rings is 2. The van der Waals surface area contributed by atoms with Crippen molar-refractivity contribution < 1.29 is 14.3 Å². The highest BCUT2D eigenvalue weighted by molar-refractivity contribution is 5.96. The van der Waals surface area contributed by atoms with Gasteiger partial charge in [-0.3, -0.25) is 9.59 Å². The minimum Gasteiger partial charge on any atom is -0.494 e. The summed E-state index contributed by atoms with van der Waals surface area (Å²) in [6.07, 6.45) is 3.62. The lowest BCUT2D eigenvalue weighted by atomic mass is 10.2. The standard InChI is InChI=1S/C22H24N4O3/c1-3-29-20-11-9-18(10-12-20)22(28)23-14-21(27)25(2)15-17-13-24-26(16-17)19-7-5-4-6-8-19/h4-13,16H,3,14-15H2,1-2H3,(H,23,28). The molecule has 0 spiro atoms. The molecule has 0 aliphatic carbocycles. The summed E-state index contributed by atoms with van der Waals surface area (Å²) in [5, 5.41) is 6.99. The van der Waals surface area contributed by atoms with Gasteiger partial charge in [0.15, 0.2) is 0 Å². The number of aromatic nitrogens is 2. The second-order valence-corrected chi connectivity index (χ2v) is 6.52. The number of amides is 2. The summed E-state index contributed by atoms with van der Waals surface area (Å²) < 4.78 is 7.12. The molecule has 29 heavy (non-hydrogen) atoms. The van der Waals surface area contributed by atoms with Crippen molar-refractivity contribution in [3.8, 4) is 11.4 Å². The van der Waals surface area contributed by atoms with Crippen LogP contribution in [-0.4, -0.2) is 46.7 Å². The molecule has 0 unspecified atom stereocenters. The van der Waals surface area contributed by atoms with Crippen molar-refractivity contribution in [2.45, 2.75) is 13.5 Å². The van der Waals surface area contributed by atoms with E-state index in [1.54, 1.807) is 47.1 Å². The van der Waals surface area contributed by atoms with Gasteiger partial charge in [0.1, 0.15) is 5.75 Å². The van der Waals surface area contributed by atoms with Crippen molar-refractivity contribution in [1.29, 1.82) is 0 Å². The van der Waals surface area contributed by atoms with E-state index in [2.05, 4.69) is 10.4 Å². The van der Waals surface area contributed by atoms with Crippen molar-refractivity contribution in [3.63, 3.8) is 0 Å². The first-order valence-corrected chi connectivity index (χ1v) is 9.41. The number of hydrogen-bond acceptors (Lipinski definition) is 4. The molecule has 0 saturated carbocycles. The fourth-order valence-electron chi connectivity index (χ4n) is 2.79. The van der Waals surface area contributed by atoms with E-state index < -0.39 is 0 Å². The van der Waals surface area contributed by atoms with Gasteiger partial charge in [0.05, 0.1) is 25.0 Å². The van der Waals surface area contributed by atoms with Gasteiger partial charge in [-0.1, -0.05) is 18.2 Å². The number of hydrogen-bond donors (Lipinski definition) is 1. The molecule has 150 valence electrons. The number of carbonyl (C=O) groups excluding carboxylic acids is 2. The Bertz CT molecular complexity index is 952. The fraction of sp³-hybridized carbons (Fsp3) is 0.227. The smallest absolute Gasteiger partial charge is 0.251 e. The number of carbonyl (C=O) groups is 2. The molecule has 0 aliphatic heterocycles. The van der Waals surface area contributed by atoms with Crippen LogP contribution in [0, 0.1) is 0 Å². The summed E-state index contributed by atoms with van der Waals surface area (Å²) in [4.78, 5) is 26.1. The lowest BCUT2D eigenvalue weighted by Gasteiger charge is -2.16. The highest BCUT2D eigenvalue weighted by Crippen LogP contribution is 2.12. The number of para-hydroxylation sites is 1. The minimum atomic E-state index is -0.299. The molecule has 0 aliphatic rings. The summed E-state index contributed by atoms with van der Waals surface area (Å²) in [6, 6.07) is 16.6. The van der Waals surface area contributed by atoms with E-state index in [1.807, 2.05) is 43.5 Å². The van der Waals surface area contributed by atoms with Crippen LogP contribution in [0.2, 0.25) is 0 Å². The molecule has 2 aromatic carbocycles. The summed E-state index contributed by atoms with van der Waals surface area (Å²) in [5.74, 6) is 0.222. The second kappa shape index (κ2) is 9.54. The van der Waals surface area contributed by atoms with E-state index >= 15 is 0 Å². The van der Waals surface area contributed by atoms with Crippen molar-refractivity contribution in [2.75, 3.05) is 20.2 Å². The van der Waals surface area contributed by atoms with Crippen molar-refractivity contribution >= 4 is 11.8 Å². The van der Waals surface area contributed by atoms with Gasteiger partial charge < -0.3 is 15.0 Å². The first kappa shape index (κ1) is 20.1. The molecule has 0 bridgehead atoms. The van der Waals surface area contributed by atoms with Gasteiger partial charge in [-0.25, -0.2) is 4.68 Å². The van der Waals surface area contributed by atoms with E-state index in [9.17, 15) is 9.59 Å². The van der Waals surface area contributed by atoms with Crippen molar-refractivity contribution in [2.24, 2.45) is 0 Å². The Morgan fingerprint density at radius 3 is 2.52 bits per heavy atom. The van der Waals surface area contributed by atoms with Gasteiger partial charge in [0.2, 0.25) is 5.91 Å². The van der Waals surface area contributed by atoms with E-state index in [4.69, 9.17) is 4.74 Å². The van der Waals surface area contributed by atoms with E-state index in [0.29, 0.717) is 24.5 Å². The van der Waals surface area contributed by atoms with Crippen molar-refractivity contribution in [3.05, 3.63) is 78.1 Å². The normalized spacial score (nSPS) is 10.4. The molecule has 7 nitrogen and oxygen atoms in total. The highest BCUT2D eigenvalue weighted by Gasteiger charge is 2.13. The molecule has 3 aromatic rings. The predicted octanol–water partition coefficient (Wildman–Crippen LogP) is 2.66. The maximum absolute atomic E-state index is 12.4. The molecule has 2 amide bonds. The molecule has 3 rings (SSSR count). The van der Waals surface area contributed by atoms with Crippen LogP contribution >= 0.6 is 0 Å². The number of ether oxygens (including phenoxy) is 1. The molecule has 1 aromatic heterocycles. The number of rotatable bonds is 8. The van der Waals surface area contributed by atoms with Crippen LogP contribution in [0.4, 0.5) is 0 Å². The Kier molecular flexibility index (Phi) is 6.63. The van der Waals surface area contributed by atoms with Crippen LogP contribution in [0.1, 0.15) is 22.8 Å². The average molecular weight is 392 g/mol. The quantitative estimate of drug-likeness (QED) is 0.639. The van der Waals surface area contributed by atoms with Gasteiger partial charge >= 0.3 is 0 Å². The van der Waals surface area contributed by atoms with Crippen LogP contribution in [0.3, 0.4) is 0 Å². The Morgan fingerprint density at radius 1 is 1.10 bits per heavy atom. The largest absolute Gasteiger partial charge is 0.494 e. The van der Waals surface area contributed by atoms with E-state index in [-0.39, 0.29) is 18.4 Å². The average Bonchev–Trinajstić information content (AvgIpc) is 3.21. The van der Waals surface area contributed by atoms with Crippen LogP contribution in [0.25, 0.3) is 5.69 Å². The SMILES string of the molecule is CCOc1ccc(C(=O)NCC(=O)N(C)Cc2cnn(-c3ccccc3)c2)cc1. The fourth-order valence-corrected chi connectivity index (χ4v) is 2.79. The summed E-state index contributed by atoms with van der Waals surface area (Å²) in [6.45, 7) is 2.80. The lowest BCUT2D eigenvalue weighted by Crippen LogP contribution is -2.37. The Hall–Kier alpha value is -3.61. The van der Waals surface area contributed by atoms with Gasteiger partial charge in [0.25, 0.3) is 5.91 Å². The van der Waals surface area contributed by atoms with Gasteiger partial charge in [-0.15, -0.1) is 0 Å². The van der Waals surface area contributed by atoms with Crippen molar-refractivity contribution in [1.82, 2.24) is 20.0 Å². The molecular weight excluding hydrogens is 368 g/mol. The van der Waals surface area contributed by atoms with Crippen LogP contribution in [-0.2, 0) is 11.3 Å². The van der Waals surface area contributed by atoms with Gasteiger partial charge in [-0.2, -0.15) is 5.10 Å². The molecule has 1 N–H and O–H groups in total. The number of likely N-dealkylation sites (N-methyl/N-ethyl adjacent to an activating group) is 1. The van der Waals surface area contributed by atoms with Crippen LogP contribution in [0.15, 0.2) is 67.0 Å². The Morgan fingerprint density at radius 2 is 1.83 bits per heavy atom. The molecule has 7 heteroatoms. The topological polar surface area (TPSA) is 76.5 Å². The first-order chi connectivity index (χ1) is 14.1. The molecular formula is C22H24N4O3. The monoisotopic (exact) mass is 392 g/mol. The lowest BCUT2D eigenvalue weighted by molar-refractivity contribution is -0.129. The van der Waals surface area contributed by atoms with Crippen LogP contribution in [0.5, 0.6) is 5.75 Å². The maximum atomic E-state index is 12.4. The van der Waals surface area contributed by atoms with Gasteiger partial charge in [-0.05, 0) is 43.3 Å². The second-order valence-electron chi connectivity index (χ2n) is 6.52. The molecule has 0 atom stereocenters. The van der Waals surface area contributed by atoms with E-state index in [0.717, 1.165) is 11.3 Å².